The largest absolute Gasteiger partial charge is 0.342 e. The molecule has 5 nitrogen and oxygen atoms in total. The maximum atomic E-state index is 12.6. The summed E-state index contributed by atoms with van der Waals surface area (Å²) >= 11 is 1.46. The number of piperidine rings is 1. The number of hydrogen-bond donors (Lipinski definition) is 1. The Bertz CT molecular complexity index is 591. The van der Waals surface area contributed by atoms with Crippen molar-refractivity contribution in [2.75, 3.05) is 18.4 Å². The summed E-state index contributed by atoms with van der Waals surface area (Å²) in [4.78, 5) is 31.3. The molecule has 134 valence electrons. The summed E-state index contributed by atoms with van der Waals surface area (Å²) in [5, 5.41) is 5.58. The fraction of sp³-hybridized carbons (Fsp3) is 0.722. The number of anilines is 1. The molecular weight excluding hydrogens is 322 g/mol. The second-order valence-corrected chi connectivity index (χ2v) is 8.57. The van der Waals surface area contributed by atoms with Crippen molar-refractivity contribution in [1.82, 2.24) is 9.88 Å². The van der Waals surface area contributed by atoms with Crippen molar-refractivity contribution in [3.05, 3.63) is 11.1 Å². The summed E-state index contributed by atoms with van der Waals surface area (Å²) in [7, 11) is 0. The molecule has 1 aromatic rings. The molecule has 2 heterocycles. The van der Waals surface area contributed by atoms with Crippen LogP contribution in [0.15, 0.2) is 5.38 Å². The molecule has 24 heavy (non-hydrogen) atoms. The monoisotopic (exact) mass is 351 g/mol. The molecule has 2 amide bonds. The quantitative estimate of drug-likeness (QED) is 0.900. The topological polar surface area (TPSA) is 62.3 Å². The lowest BCUT2D eigenvalue weighted by Gasteiger charge is -2.33. The van der Waals surface area contributed by atoms with E-state index in [4.69, 9.17) is 0 Å². The number of amides is 2. The third-order valence-corrected chi connectivity index (χ3v) is 5.40. The van der Waals surface area contributed by atoms with Crippen LogP contribution in [0.4, 0.5) is 5.13 Å². The fourth-order valence-electron chi connectivity index (χ4n) is 2.76. The molecule has 0 bridgehead atoms. The number of rotatable bonds is 4. The second kappa shape index (κ2) is 7.64. The molecule has 1 fully saturated rings. The molecule has 0 radical (unpaired) electrons. The second-order valence-electron chi connectivity index (χ2n) is 7.71. The van der Waals surface area contributed by atoms with Gasteiger partial charge in [0, 0.05) is 29.8 Å². The van der Waals surface area contributed by atoms with E-state index in [1.54, 1.807) is 0 Å². The summed E-state index contributed by atoms with van der Waals surface area (Å²) in [6.07, 6.45) is 2.54. The smallest absolute Gasteiger partial charge is 0.231 e. The maximum Gasteiger partial charge on any atom is 0.231 e. The number of thiazole rings is 1. The molecule has 0 unspecified atom stereocenters. The van der Waals surface area contributed by atoms with E-state index in [0.717, 1.165) is 31.5 Å². The molecule has 1 N–H and O–H groups in total. The Kier molecular flexibility index (Phi) is 6.01. The Morgan fingerprint density at radius 3 is 2.75 bits per heavy atom. The summed E-state index contributed by atoms with van der Waals surface area (Å²) in [5.74, 6) is 0.0274. The third kappa shape index (κ3) is 4.56. The highest BCUT2D eigenvalue weighted by Crippen LogP contribution is 2.27. The van der Waals surface area contributed by atoms with Crippen LogP contribution in [0.25, 0.3) is 0 Å². The van der Waals surface area contributed by atoms with Gasteiger partial charge in [-0.3, -0.25) is 9.59 Å². The first-order valence-electron chi connectivity index (χ1n) is 8.78. The van der Waals surface area contributed by atoms with Crippen LogP contribution in [0.1, 0.15) is 59.6 Å². The van der Waals surface area contributed by atoms with Gasteiger partial charge in [-0.1, -0.05) is 34.6 Å². The fourth-order valence-corrected chi connectivity index (χ4v) is 3.70. The zero-order valence-corrected chi connectivity index (χ0v) is 16.2. The van der Waals surface area contributed by atoms with Gasteiger partial charge in [0.2, 0.25) is 11.8 Å². The van der Waals surface area contributed by atoms with Crippen LogP contribution in [0.3, 0.4) is 0 Å². The van der Waals surface area contributed by atoms with Crippen LogP contribution in [0.2, 0.25) is 0 Å². The highest BCUT2D eigenvalue weighted by atomic mass is 32.1. The van der Waals surface area contributed by atoms with Crippen LogP contribution in [-0.4, -0.2) is 34.8 Å². The minimum atomic E-state index is -0.145. The Labute approximate surface area is 148 Å². The van der Waals surface area contributed by atoms with E-state index in [1.807, 2.05) is 24.1 Å². The first-order chi connectivity index (χ1) is 11.2. The van der Waals surface area contributed by atoms with Crippen molar-refractivity contribution in [1.29, 1.82) is 0 Å². The average Bonchev–Trinajstić information content (AvgIpc) is 3.02. The van der Waals surface area contributed by atoms with Gasteiger partial charge < -0.3 is 10.2 Å². The molecule has 1 aliphatic rings. The molecule has 2 atom stereocenters. The van der Waals surface area contributed by atoms with E-state index in [0.29, 0.717) is 11.7 Å². The first kappa shape index (κ1) is 18.9. The van der Waals surface area contributed by atoms with E-state index in [2.05, 4.69) is 31.1 Å². The van der Waals surface area contributed by atoms with E-state index in [-0.39, 0.29) is 29.1 Å². The number of nitrogens with one attached hydrogen (secondary N) is 1. The summed E-state index contributed by atoms with van der Waals surface area (Å²) in [5.41, 5.74) is 0.962. The van der Waals surface area contributed by atoms with Gasteiger partial charge >= 0.3 is 0 Å². The summed E-state index contributed by atoms with van der Waals surface area (Å²) in [6, 6.07) is 0. The molecule has 0 spiro atoms. The molecule has 2 rings (SSSR count). The predicted molar refractivity (Wildman–Crippen MR) is 98.2 cm³/mol. The minimum absolute atomic E-state index is 0.0218. The Hall–Kier alpha value is -1.43. The molecule has 0 aliphatic carbocycles. The van der Waals surface area contributed by atoms with Gasteiger partial charge in [-0.15, -0.1) is 11.3 Å². The van der Waals surface area contributed by atoms with Crippen molar-refractivity contribution in [2.24, 2.45) is 11.8 Å². The van der Waals surface area contributed by atoms with Gasteiger partial charge in [0.15, 0.2) is 5.13 Å². The zero-order valence-electron chi connectivity index (χ0n) is 15.4. The van der Waals surface area contributed by atoms with Gasteiger partial charge in [-0.25, -0.2) is 4.98 Å². The lowest BCUT2D eigenvalue weighted by molar-refractivity contribution is -0.138. The van der Waals surface area contributed by atoms with Crippen molar-refractivity contribution >= 4 is 28.3 Å². The number of carbonyl (C=O) groups excluding carboxylic acids is 2. The molecule has 1 saturated heterocycles. The molecule has 0 saturated carbocycles. The number of carbonyl (C=O) groups is 2. The molecular formula is C18H29N3O2S. The Balaban J connectivity index is 1.97. The Morgan fingerprint density at radius 1 is 1.46 bits per heavy atom. The molecule has 1 aliphatic heterocycles. The number of likely N-dealkylation sites (tertiary alicyclic amines) is 1. The van der Waals surface area contributed by atoms with Crippen LogP contribution in [-0.2, 0) is 15.0 Å². The number of aromatic nitrogens is 1. The molecule has 6 heteroatoms. The highest BCUT2D eigenvalue weighted by Gasteiger charge is 2.30. The average molecular weight is 352 g/mol. The molecule has 1 aromatic heterocycles. The Morgan fingerprint density at radius 2 is 2.17 bits per heavy atom. The van der Waals surface area contributed by atoms with Crippen LogP contribution < -0.4 is 5.32 Å². The number of nitrogens with zero attached hydrogens (tertiary/aromatic N) is 2. The predicted octanol–water partition coefficient (Wildman–Crippen LogP) is 3.66. The van der Waals surface area contributed by atoms with Gasteiger partial charge in [0.25, 0.3) is 0 Å². The zero-order chi connectivity index (χ0) is 17.9. The third-order valence-electron chi connectivity index (χ3n) is 4.64. The minimum Gasteiger partial charge on any atom is -0.342 e. The SMILES string of the molecule is CC[C@H](C)C(=O)N1CCC[C@@H](C(=O)Nc2nc(C(C)(C)C)cs2)C1. The van der Waals surface area contributed by atoms with E-state index < -0.39 is 0 Å². The lowest BCUT2D eigenvalue weighted by atomic mass is 9.93. The number of hydrogen-bond acceptors (Lipinski definition) is 4. The van der Waals surface area contributed by atoms with Crippen molar-refractivity contribution < 1.29 is 9.59 Å². The normalized spacial score (nSPS) is 19.9. The van der Waals surface area contributed by atoms with Crippen molar-refractivity contribution in [3.63, 3.8) is 0 Å². The van der Waals surface area contributed by atoms with Crippen LogP contribution in [0.5, 0.6) is 0 Å². The van der Waals surface area contributed by atoms with E-state index in [9.17, 15) is 9.59 Å². The van der Waals surface area contributed by atoms with Crippen LogP contribution >= 0.6 is 11.3 Å². The highest BCUT2D eigenvalue weighted by molar-refractivity contribution is 7.13. The van der Waals surface area contributed by atoms with Gasteiger partial charge in [0.1, 0.15) is 0 Å². The van der Waals surface area contributed by atoms with E-state index in [1.165, 1.54) is 11.3 Å². The van der Waals surface area contributed by atoms with Gasteiger partial charge in [0.05, 0.1) is 11.6 Å². The first-order valence-corrected chi connectivity index (χ1v) is 9.66. The van der Waals surface area contributed by atoms with Gasteiger partial charge in [-0.2, -0.15) is 0 Å². The maximum absolute atomic E-state index is 12.6. The van der Waals surface area contributed by atoms with Gasteiger partial charge in [-0.05, 0) is 19.3 Å². The lowest BCUT2D eigenvalue weighted by Crippen LogP contribution is -2.45. The summed E-state index contributed by atoms with van der Waals surface area (Å²) in [6.45, 7) is 11.6. The molecule has 0 aromatic carbocycles. The van der Waals surface area contributed by atoms with Crippen molar-refractivity contribution in [3.8, 4) is 0 Å². The van der Waals surface area contributed by atoms with Crippen LogP contribution in [0, 0.1) is 11.8 Å². The summed E-state index contributed by atoms with van der Waals surface area (Å²) < 4.78 is 0. The standard InChI is InChI=1S/C18H29N3O2S/c1-6-12(2)16(23)21-9-7-8-13(10-21)15(22)20-17-19-14(11-24-17)18(3,4)5/h11-13H,6-10H2,1-5H3,(H,19,20,22)/t12-,13+/m0/s1. The van der Waals surface area contributed by atoms with E-state index >= 15 is 0 Å². The van der Waals surface area contributed by atoms with Crippen molar-refractivity contribution in [2.45, 2.75) is 59.3 Å².